The van der Waals surface area contributed by atoms with Crippen LogP contribution in [0.4, 0.5) is 24.7 Å². The van der Waals surface area contributed by atoms with Crippen LogP contribution >= 0.6 is 22.9 Å². The van der Waals surface area contributed by atoms with Gasteiger partial charge in [0.05, 0.1) is 12.1 Å². The van der Waals surface area contributed by atoms with Crippen LogP contribution in [0.25, 0.3) is 0 Å². The lowest BCUT2D eigenvalue weighted by Gasteiger charge is -2.32. The van der Waals surface area contributed by atoms with E-state index in [-0.39, 0.29) is 23.0 Å². The van der Waals surface area contributed by atoms with Crippen molar-refractivity contribution in [1.82, 2.24) is 9.78 Å². The summed E-state index contributed by atoms with van der Waals surface area (Å²) in [4.78, 5) is 13.5. The highest BCUT2D eigenvalue weighted by molar-refractivity contribution is 7.10. The number of thiophene rings is 1. The zero-order valence-corrected chi connectivity index (χ0v) is 17.7. The first-order valence-corrected chi connectivity index (χ1v) is 10.6. The molecule has 31 heavy (non-hydrogen) atoms. The van der Waals surface area contributed by atoms with E-state index in [2.05, 4.69) is 15.7 Å². The maximum Gasteiger partial charge on any atom is 0.410 e. The van der Waals surface area contributed by atoms with Crippen LogP contribution in [-0.4, -0.2) is 27.0 Å². The van der Waals surface area contributed by atoms with Crippen molar-refractivity contribution >= 4 is 40.4 Å². The van der Waals surface area contributed by atoms with Crippen molar-refractivity contribution < 1.29 is 23.1 Å². The Labute approximate surface area is 184 Å². The lowest BCUT2D eigenvalue weighted by molar-refractivity contribution is -0.173. The van der Waals surface area contributed by atoms with Gasteiger partial charge in [-0.25, -0.2) is 4.68 Å². The van der Waals surface area contributed by atoms with Crippen LogP contribution in [-0.2, 0) is 0 Å². The van der Waals surface area contributed by atoms with E-state index in [0.717, 1.165) is 9.56 Å². The van der Waals surface area contributed by atoms with Crippen molar-refractivity contribution in [2.45, 2.75) is 37.7 Å². The van der Waals surface area contributed by atoms with Gasteiger partial charge in [0.25, 0.3) is 5.91 Å². The van der Waals surface area contributed by atoms with Crippen molar-refractivity contribution in [3.8, 4) is 0 Å². The molecule has 1 aromatic carbocycles. The molecule has 3 atom stereocenters. The summed E-state index contributed by atoms with van der Waals surface area (Å²) >= 11 is 7.66. The normalized spacial score (nSPS) is 19.4. The Balaban J connectivity index is 1.67. The summed E-state index contributed by atoms with van der Waals surface area (Å²) in [6.45, 7) is 1.58. The molecule has 0 fully saturated rings. The Morgan fingerprint density at radius 1 is 1.39 bits per heavy atom. The monoisotopic (exact) mass is 470 g/mol. The Hall–Kier alpha value is -2.56. The fourth-order valence-corrected chi connectivity index (χ4v) is 4.53. The quantitative estimate of drug-likeness (QED) is 0.466. The van der Waals surface area contributed by atoms with Gasteiger partial charge in [0.1, 0.15) is 10.8 Å². The van der Waals surface area contributed by atoms with Crippen molar-refractivity contribution in [3.05, 3.63) is 62.9 Å². The summed E-state index contributed by atoms with van der Waals surface area (Å²) in [5, 5.41) is 20.8. The van der Waals surface area contributed by atoms with Gasteiger partial charge in [-0.2, -0.15) is 18.3 Å². The topological polar surface area (TPSA) is 79.2 Å². The highest BCUT2D eigenvalue weighted by atomic mass is 35.5. The number of anilines is 2. The molecule has 164 valence electrons. The number of nitrogens with one attached hydrogen (secondary N) is 2. The standard InChI is InChI=1S/C20H18ClF3N4O2S/c1-10(29)11-4-2-5-12(8-11)25-19(30)17-16(21)18-26-13(14-6-3-7-31-14)9-15(20(22,23)24)28(18)27-17/h2-8,10,13,15,26,29H,9H2,1H3,(H,25,30)/t10-,13-,15-/m1/s1. The predicted octanol–water partition coefficient (Wildman–Crippen LogP) is 5.56. The molecule has 0 saturated heterocycles. The molecule has 1 aliphatic rings. The first-order chi connectivity index (χ1) is 14.6. The Bertz CT molecular complexity index is 1100. The van der Waals surface area contributed by atoms with E-state index in [1.54, 1.807) is 48.7 Å². The molecule has 4 rings (SSSR count). The van der Waals surface area contributed by atoms with Gasteiger partial charge in [-0.05, 0) is 36.1 Å². The Morgan fingerprint density at radius 2 is 2.16 bits per heavy atom. The zero-order chi connectivity index (χ0) is 22.3. The fraction of sp³-hybridized carbons (Fsp3) is 0.300. The van der Waals surface area contributed by atoms with Crippen LogP contribution < -0.4 is 10.6 Å². The van der Waals surface area contributed by atoms with Crippen LogP contribution in [0.1, 0.15) is 52.5 Å². The van der Waals surface area contributed by atoms with E-state index in [1.165, 1.54) is 11.3 Å². The number of aliphatic hydroxyl groups is 1. The number of carbonyl (C=O) groups is 1. The molecule has 0 saturated carbocycles. The highest BCUT2D eigenvalue weighted by Gasteiger charge is 2.48. The summed E-state index contributed by atoms with van der Waals surface area (Å²) < 4.78 is 42.1. The third-order valence-electron chi connectivity index (χ3n) is 5.02. The fourth-order valence-electron chi connectivity index (χ4n) is 3.48. The number of hydrogen-bond acceptors (Lipinski definition) is 5. The molecular formula is C20H18ClF3N4O2S. The highest BCUT2D eigenvalue weighted by Crippen LogP contribution is 2.46. The maximum atomic E-state index is 13.8. The van der Waals surface area contributed by atoms with Crippen LogP contribution in [0, 0.1) is 0 Å². The minimum absolute atomic E-state index is 0.0449. The Morgan fingerprint density at radius 3 is 2.81 bits per heavy atom. The number of alkyl halides is 3. The number of nitrogens with zero attached hydrogens (tertiary/aromatic N) is 2. The Kier molecular flexibility index (Phi) is 5.71. The zero-order valence-electron chi connectivity index (χ0n) is 16.2. The second kappa shape index (κ2) is 8.18. The number of fused-ring (bicyclic) bond motifs is 1. The van der Waals surface area contributed by atoms with Gasteiger partial charge in [0.15, 0.2) is 11.7 Å². The number of aliphatic hydroxyl groups excluding tert-OH is 1. The molecule has 2 aromatic heterocycles. The van der Waals surface area contributed by atoms with Crippen LogP contribution in [0.15, 0.2) is 41.8 Å². The molecule has 3 aromatic rings. The lowest BCUT2D eigenvalue weighted by atomic mass is 10.0. The first-order valence-electron chi connectivity index (χ1n) is 9.39. The molecule has 3 heterocycles. The van der Waals surface area contributed by atoms with Crippen molar-refractivity contribution in [2.24, 2.45) is 0 Å². The molecule has 1 aliphatic heterocycles. The molecule has 6 nitrogen and oxygen atoms in total. The molecule has 11 heteroatoms. The van der Waals surface area contributed by atoms with Crippen LogP contribution in [0.3, 0.4) is 0 Å². The summed E-state index contributed by atoms with van der Waals surface area (Å²) in [6.07, 6.45) is -5.58. The molecule has 0 spiro atoms. The molecule has 0 aliphatic carbocycles. The second-order valence-corrected chi connectivity index (χ2v) is 8.57. The third kappa shape index (κ3) is 4.28. The minimum atomic E-state index is -4.57. The number of rotatable bonds is 4. The van der Waals surface area contributed by atoms with Crippen molar-refractivity contribution in [2.75, 3.05) is 10.6 Å². The minimum Gasteiger partial charge on any atom is -0.389 e. The van der Waals surface area contributed by atoms with Crippen LogP contribution in [0.2, 0.25) is 5.02 Å². The molecular weight excluding hydrogens is 453 g/mol. The van der Waals surface area contributed by atoms with E-state index in [4.69, 9.17) is 11.6 Å². The van der Waals surface area contributed by atoms with E-state index in [1.807, 2.05) is 0 Å². The number of carbonyl (C=O) groups excluding carboxylic acids is 1. The maximum absolute atomic E-state index is 13.8. The smallest absolute Gasteiger partial charge is 0.389 e. The number of hydrogen-bond donors (Lipinski definition) is 3. The average molecular weight is 471 g/mol. The summed E-state index contributed by atoms with van der Waals surface area (Å²) in [7, 11) is 0. The lowest BCUT2D eigenvalue weighted by Crippen LogP contribution is -2.35. The molecule has 0 bridgehead atoms. The van der Waals surface area contributed by atoms with Crippen molar-refractivity contribution in [1.29, 1.82) is 0 Å². The average Bonchev–Trinajstić information content (AvgIpc) is 3.35. The summed E-state index contributed by atoms with van der Waals surface area (Å²) in [5.41, 5.74) is 0.626. The summed E-state index contributed by atoms with van der Waals surface area (Å²) in [6, 6.07) is 7.47. The van der Waals surface area contributed by atoms with Gasteiger partial charge >= 0.3 is 6.18 Å². The number of halogens is 4. The van der Waals surface area contributed by atoms with Gasteiger partial charge in [0, 0.05) is 17.0 Å². The van der Waals surface area contributed by atoms with Gasteiger partial charge in [-0.3, -0.25) is 4.79 Å². The molecule has 0 unspecified atom stereocenters. The molecule has 1 amide bonds. The van der Waals surface area contributed by atoms with Crippen molar-refractivity contribution in [3.63, 3.8) is 0 Å². The molecule has 0 radical (unpaired) electrons. The number of amides is 1. The van der Waals surface area contributed by atoms with E-state index in [0.29, 0.717) is 11.3 Å². The van der Waals surface area contributed by atoms with E-state index < -0.39 is 30.3 Å². The van der Waals surface area contributed by atoms with Gasteiger partial charge < -0.3 is 15.7 Å². The van der Waals surface area contributed by atoms with Gasteiger partial charge in [0.2, 0.25) is 0 Å². The van der Waals surface area contributed by atoms with E-state index >= 15 is 0 Å². The predicted molar refractivity (Wildman–Crippen MR) is 113 cm³/mol. The number of benzene rings is 1. The van der Waals surface area contributed by atoms with Crippen LogP contribution in [0.5, 0.6) is 0 Å². The first kappa shape index (κ1) is 21.7. The van der Waals surface area contributed by atoms with Gasteiger partial charge in [-0.15, -0.1) is 11.3 Å². The van der Waals surface area contributed by atoms with Gasteiger partial charge in [-0.1, -0.05) is 29.8 Å². The molecule has 3 N–H and O–H groups in total. The third-order valence-corrected chi connectivity index (χ3v) is 6.37. The SMILES string of the molecule is C[C@@H](O)c1cccc(NC(=O)c2nn3c(c2Cl)N[C@@H](c2cccs2)C[C@@H]3C(F)(F)F)c1. The summed E-state index contributed by atoms with van der Waals surface area (Å²) in [5.74, 6) is -0.790. The number of aromatic nitrogens is 2. The second-order valence-electron chi connectivity index (χ2n) is 7.22. The largest absolute Gasteiger partial charge is 0.410 e. The van der Waals surface area contributed by atoms with E-state index in [9.17, 15) is 23.1 Å².